The summed E-state index contributed by atoms with van der Waals surface area (Å²) < 4.78 is 0. The second-order valence-corrected chi connectivity index (χ2v) is 5.91. The first-order valence-electron chi connectivity index (χ1n) is 7.34. The van der Waals surface area contributed by atoms with Crippen LogP contribution in [0.4, 0.5) is 11.4 Å². The van der Waals surface area contributed by atoms with Crippen molar-refractivity contribution in [2.45, 2.75) is 0 Å². The van der Waals surface area contributed by atoms with Crippen molar-refractivity contribution < 1.29 is 19.6 Å². The molecule has 0 atom stereocenters. The Labute approximate surface area is 163 Å². The molecule has 0 aliphatic carbocycles. The first-order valence-corrected chi connectivity index (χ1v) is 8.13. The van der Waals surface area contributed by atoms with Crippen LogP contribution in [-0.2, 0) is 4.79 Å². The van der Waals surface area contributed by atoms with Crippen LogP contribution in [0.5, 0.6) is 0 Å². The van der Waals surface area contributed by atoms with Crippen LogP contribution in [0.25, 0.3) is 6.08 Å². The number of benzene rings is 2. The molecular formula is C17H12ClN3O5S. The third-order valence-corrected chi connectivity index (χ3v) is 3.76. The van der Waals surface area contributed by atoms with Crippen molar-refractivity contribution in [2.24, 2.45) is 0 Å². The molecule has 0 fully saturated rings. The number of anilines is 1. The molecule has 2 rings (SSSR count). The van der Waals surface area contributed by atoms with Crippen molar-refractivity contribution in [1.29, 1.82) is 0 Å². The molecule has 0 radical (unpaired) electrons. The van der Waals surface area contributed by atoms with Crippen LogP contribution in [0.15, 0.2) is 48.5 Å². The standard InChI is InChI=1S/C17H12ClN3O5S/c18-12-7-5-10(9-14(12)21(25)26)6-8-15(22)20-17(27)19-13-4-2-1-3-11(13)16(23)24/h1-9H,(H,23,24)(H2,19,20,22,27)/b8-6+. The van der Waals surface area contributed by atoms with Crippen molar-refractivity contribution >= 4 is 58.3 Å². The van der Waals surface area contributed by atoms with Gasteiger partial charge in [0, 0.05) is 12.1 Å². The molecule has 10 heteroatoms. The average Bonchev–Trinajstić information content (AvgIpc) is 2.60. The summed E-state index contributed by atoms with van der Waals surface area (Å²) in [4.78, 5) is 33.3. The van der Waals surface area contributed by atoms with E-state index < -0.39 is 16.8 Å². The maximum atomic E-state index is 11.9. The molecule has 0 aliphatic rings. The number of para-hydroxylation sites is 1. The molecule has 27 heavy (non-hydrogen) atoms. The van der Waals surface area contributed by atoms with Crippen LogP contribution >= 0.6 is 23.8 Å². The normalized spacial score (nSPS) is 10.4. The zero-order valence-corrected chi connectivity index (χ0v) is 15.1. The number of hydrogen-bond acceptors (Lipinski definition) is 5. The van der Waals surface area contributed by atoms with Gasteiger partial charge >= 0.3 is 5.97 Å². The molecule has 0 saturated heterocycles. The Morgan fingerprint density at radius 2 is 1.93 bits per heavy atom. The minimum absolute atomic E-state index is 0.00175. The first kappa shape index (κ1) is 20.0. The van der Waals surface area contributed by atoms with Crippen molar-refractivity contribution in [1.82, 2.24) is 5.32 Å². The Bertz CT molecular complexity index is 961. The van der Waals surface area contributed by atoms with Crippen LogP contribution < -0.4 is 10.6 Å². The fourth-order valence-corrected chi connectivity index (χ4v) is 2.43. The summed E-state index contributed by atoms with van der Waals surface area (Å²) in [5.41, 5.74) is 0.351. The Kier molecular flexibility index (Phi) is 6.58. The monoisotopic (exact) mass is 405 g/mol. The fourth-order valence-electron chi connectivity index (χ4n) is 2.03. The minimum atomic E-state index is -1.14. The van der Waals surface area contributed by atoms with Gasteiger partial charge in [0.1, 0.15) is 5.02 Å². The molecule has 8 nitrogen and oxygen atoms in total. The molecule has 1 amide bonds. The molecule has 0 aromatic heterocycles. The highest BCUT2D eigenvalue weighted by atomic mass is 35.5. The number of nitro groups is 1. The van der Waals surface area contributed by atoms with Gasteiger partial charge in [-0.25, -0.2) is 4.79 Å². The summed E-state index contributed by atoms with van der Waals surface area (Å²) in [7, 11) is 0. The van der Waals surface area contributed by atoms with Crippen molar-refractivity contribution in [3.05, 3.63) is 74.8 Å². The van der Waals surface area contributed by atoms with E-state index in [0.717, 1.165) is 6.08 Å². The molecule has 2 aromatic rings. The van der Waals surface area contributed by atoms with Gasteiger partial charge in [0.25, 0.3) is 5.69 Å². The summed E-state index contributed by atoms with van der Waals surface area (Å²) in [6.45, 7) is 0. The molecule has 0 bridgehead atoms. The highest BCUT2D eigenvalue weighted by molar-refractivity contribution is 7.80. The lowest BCUT2D eigenvalue weighted by atomic mass is 10.2. The van der Waals surface area contributed by atoms with Crippen molar-refractivity contribution in [3.8, 4) is 0 Å². The van der Waals surface area contributed by atoms with E-state index in [1.54, 1.807) is 12.1 Å². The predicted molar refractivity (Wildman–Crippen MR) is 105 cm³/mol. The van der Waals surface area contributed by atoms with E-state index in [1.165, 1.54) is 36.4 Å². The maximum Gasteiger partial charge on any atom is 0.337 e. The van der Waals surface area contributed by atoms with E-state index in [4.69, 9.17) is 28.9 Å². The molecule has 3 N–H and O–H groups in total. The lowest BCUT2D eigenvalue weighted by molar-refractivity contribution is -0.384. The number of carboxylic acids is 1. The number of aromatic carboxylic acids is 1. The van der Waals surface area contributed by atoms with E-state index in [2.05, 4.69) is 10.6 Å². The number of carbonyl (C=O) groups excluding carboxylic acids is 1. The largest absolute Gasteiger partial charge is 0.478 e. The van der Waals surface area contributed by atoms with E-state index >= 15 is 0 Å². The van der Waals surface area contributed by atoms with Crippen LogP contribution in [0.1, 0.15) is 15.9 Å². The molecule has 2 aromatic carbocycles. The summed E-state index contributed by atoms with van der Waals surface area (Å²) in [5, 5.41) is 24.8. The number of nitrogens with one attached hydrogen (secondary N) is 2. The van der Waals surface area contributed by atoms with Crippen LogP contribution in [0, 0.1) is 10.1 Å². The number of nitrogens with zero attached hydrogens (tertiary/aromatic N) is 1. The molecule has 0 heterocycles. The third-order valence-electron chi connectivity index (χ3n) is 3.24. The van der Waals surface area contributed by atoms with Gasteiger partial charge in [0.15, 0.2) is 5.11 Å². The Morgan fingerprint density at radius 1 is 1.22 bits per heavy atom. The van der Waals surface area contributed by atoms with Gasteiger partial charge in [-0.05, 0) is 42.1 Å². The Hall–Kier alpha value is -3.30. The topological polar surface area (TPSA) is 122 Å². The quantitative estimate of drug-likeness (QED) is 0.301. The van der Waals surface area contributed by atoms with E-state index in [0.29, 0.717) is 5.56 Å². The second kappa shape index (κ2) is 8.88. The summed E-state index contributed by atoms with van der Waals surface area (Å²) >= 11 is 10.7. The van der Waals surface area contributed by atoms with E-state index in [1.807, 2.05) is 0 Å². The van der Waals surface area contributed by atoms with Crippen molar-refractivity contribution in [2.75, 3.05) is 5.32 Å². The van der Waals surface area contributed by atoms with Crippen molar-refractivity contribution in [3.63, 3.8) is 0 Å². The van der Waals surface area contributed by atoms with Gasteiger partial charge in [-0.1, -0.05) is 29.8 Å². The molecule has 0 saturated carbocycles. The predicted octanol–water partition coefficient (Wildman–Crippen LogP) is 3.47. The third kappa shape index (κ3) is 5.59. The SMILES string of the molecule is O=C(/C=C/c1ccc(Cl)c([N+](=O)[O-])c1)NC(=S)Nc1ccccc1C(=O)O. The number of carbonyl (C=O) groups is 2. The summed E-state index contributed by atoms with van der Waals surface area (Å²) in [6.07, 6.45) is 2.48. The first-order chi connectivity index (χ1) is 12.8. The average molecular weight is 406 g/mol. The lowest BCUT2D eigenvalue weighted by Crippen LogP contribution is -2.33. The van der Waals surface area contributed by atoms with Crippen LogP contribution in [0.2, 0.25) is 5.02 Å². The molecular weight excluding hydrogens is 394 g/mol. The van der Waals surface area contributed by atoms with E-state index in [9.17, 15) is 19.7 Å². The number of nitro benzene ring substituents is 1. The minimum Gasteiger partial charge on any atom is -0.478 e. The van der Waals surface area contributed by atoms with Crippen LogP contribution in [0.3, 0.4) is 0 Å². The van der Waals surface area contributed by atoms with Crippen LogP contribution in [-0.4, -0.2) is 27.0 Å². The summed E-state index contributed by atoms with van der Waals surface area (Å²) in [6, 6.07) is 10.2. The maximum absolute atomic E-state index is 11.9. The number of halogens is 1. The molecule has 0 aliphatic heterocycles. The lowest BCUT2D eigenvalue weighted by Gasteiger charge is -2.10. The van der Waals surface area contributed by atoms with Gasteiger partial charge in [-0.3, -0.25) is 20.2 Å². The summed E-state index contributed by atoms with van der Waals surface area (Å²) in [5.74, 6) is -1.74. The zero-order valence-electron chi connectivity index (χ0n) is 13.5. The highest BCUT2D eigenvalue weighted by Crippen LogP contribution is 2.25. The highest BCUT2D eigenvalue weighted by Gasteiger charge is 2.12. The number of hydrogen-bond donors (Lipinski definition) is 3. The van der Waals surface area contributed by atoms with Gasteiger partial charge < -0.3 is 10.4 Å². The smallest absolute Gasteiger partial charge is 0.337 e. The van der Waals surface area contributed by atoms with Gasteiger partial charge in [-0.15, -0.1) is 0 Å². The fraction of sp³-hybridized carbons (Fsp3) is 0. The van der Waals surface area contributed by atoms with Gasteiger partial charge in [-0.2, -0.15) is 0 Å². The molecule has 0 unspecified atom stereocenters. The molecule has 138 valence electrons. The molecule has 0 spiro atoms. The Balaban J connectivity index is 2.02. The Morgan fingerprint density at radius 3 is 2.59 bits per heavy atom. The number of carboxylic acid groups (broad SMARTS) is 1. The number of thiocarbonyl (C=S) groups is 1. The van der Waals surface area contributed by atoms with E-state index in [-0.39, 0.29) is 27.1 Å². The van der Waals surface area contributed by atoms with Gasteiger partial charge in [0.2, 0.25) is 5.91 Å². The number of amides is 1. The van der Waals surface area contributed by atoms with Gasteiger partial charge in [0.05, 0.1) is 16.2 Å². The zero-order chi connectivity index (χ0) is 20.0. The number of rotatable bonds is 5. The second-order valence-electron chi connectivity index (χ2n) is 5.10.